The van der Waals surface area contributed by atoms with Gasteiger partial charge in [-0.05, 0) is 43.4 Å². The molecule has 166 valence electrons. The Hall–Kier alpha value is -2.35. The molecule has 30 heavy (non-hydrogen) atoms. The first kappa shape index (κ1) is 22.3. The van der Waals surface area contributed by atoms with Gasteiger partial charge in [-0.15, -0.1) is 0 Å². The second-order valence-electron chi connectivity index (χ2n) is 8.22. The number of aliphatic imine (C=N–C) groups is 1. The van der Waals surface area contributed by atoms with E-state index in [0.29, 0.717) is 12.6 Å². The van der Waals surface area contributed by atoms with E-state index in [2.05, 4.69) is 47.9 Å². The van der Waals surface area contributed by atoms with Crippen LogP contribution in [0.25, 0.3) is 0 Å². The summed E-state index contributed by atoms with van der Waals surface area (Å²) in [4.78, 5) is 25.1. The third-order valence-corrected chi connectivity index (χ3v) is 6.00. The quantitative estimate of drug-likeness (QED) is 0.480. The van der Waals surface area contributed by atoms with E-state index in [4.69, 9.17) is 0 Å². The second kappa shape index (κ2) is 11.7. The number of guanidine groups is 1. The molecule has 0 spiro atoms. The highest BCUT2D eigenvalue weighted by Crippen LogP contribution is 2.18. The van der Waals surface area contributed by atoms with Crippen molar-refractivity contribution in [3.05, 3.63) is 23.9 Å². The second-order valence-corrected chi connectivity index (χ2v) is 8.22. The summed E-state index contributed by atoms with van der Waals surface area (Å²) in [7, 11) is 3.50. The maximum Gasteiger partial charge on any atom is 0.233 e. The van der Waals surface area contributed by atoms with Gasteiger partial charge in [0.25, 0.3) is 0 Å². The number of hydrogen-bond donors (Lipinski definition) is 3. The first-order valence-electron chi connectivity index (χ1n) is 11.3. The van der Waals surface area contributed by atoms with Crippen LogP contribution >= 0.6 is 0 Å². The van der Waals surface area contributed by atoms with Gasteiger partial charge in [0.15, 0.2) is 5.96 Å². The Balaban J connectivity index is 1.45. The molecule has 0 aromatic carbocycles. The fourth-order valence-corrected chi connectivity index (χ4v) is 4.13. The Bertz CT molecular complexity index is 692. The molecule has 3 heterocycles. The largest absolute Gasteiger partial charge is 0.358 e. The summed E-state index contributed by atoms with van der Waals surface area (Å²) in [6.45, 7) is 5.25. The van der Waals surface area contributed by atoms with E-state index in [9.17, 15) is 4.79 Å². The van der Waals surface area contributed by atoms with Crippen molar-refractivity contribution in [3.8, 4) is 0 Å². The van der Waals surface area contributed by atoms with E-state index in [1.165, 1.54) is 31.2 Å². The van der Waals surface area contributed by atoms with Gasteiger partial charge in [-0.2, -0.15) is 0 Å². The van der Waals surface area contributed by atoms with Crippen LogP contribution in [-0.4, -0.2) is 74.6 Å². The van der Waals surface area contributed by atoms with E-state index in [1.807, 2.05) is 13.2 Å². The summed E-state index contributed by atoms with van der Waals surface area (Å²) < 4.78 is 0. The van der Waals surface area contributed by atoms with Gasteiger partial charge >= 0.3 is 0 Å². The molecule has 1 amide bonds. The Morgan fingerprint density at radius 1 is 1.17 bits per heavy atom. The molecule has 1 aromatic rings. The van der Waals surface area contributed by atoms with Crippen molar-refractivity contribution in [1.29, 1.82) is 0 Å². The molecule has 2 aliphatic rings. The molecule has 0 bridgehead atoms. The minimum atomic E-state index is 0.0794. The Kier molecular flexibility index (Phi) is 8.74. The molecule has 2 aliphatic heterocycles. The van der Waals surface area contributed by atoms with Crippen LogP contribution < -0.4 is 20.9 Å². The van der Waals surface area contributed by atoms with Gasteiger partial charge in [-0.3, -0.25) is 14.7 Å². The van der Waals surface area contributed by atoms with Gasteiger partial charge in [-0.1, -0.05) is 12.8 Å². The standard InChI is InChI=1S/C22H37N7O/c1-23-21(30)17-28-13-8-19(9-14-28)27-22(24-2)26-16-18-7-10-25-20(15-18)29-11-5-3-4-6-12-29/h7,10,15,19H,3-6,8-9,11-14,16-17H2,1-2H3,(H,23,30)(H2,24,26,27). The number of likely N-dealkylation sites (N-methyl/N-ethyl adjacent to an activating group) is 1. The number of rotatable bonds is 6. The molecule has 0 atom stereocenters. The average Bonchev–Trinajstić information content (AvgIpc) is 3.07. The normalized spacial score (nSPS) is 19.3. The van der Waals surface area contributed by atoms with Crippen molar-refractivity contribution < 1.29 is 4.79 Å². The van der Waals surface area contributed by atoms with E-state index >= 15 is 0 Å². The Morgan fingerprint density at radius 2 is 1.90 bits per heavy atom. The van der Waals surface area contributed by atoms with E-state index in [1.54, 1.807) is 7.05 Å². The predicted molar refractivity (Wildman–Crippen MR) is 122 cm³/mol. The van der Waals surface area contributed by atoms with Crippen molar-refractivity contribution in [2.24, 2.45) is 4.99 Å². The van der Waals surface area contributed by atoms with Crippen molar-refractivity contribution in [2.75, 3.05) is 51.7 Å². The SMILES string of the molecule is CN=C(NCc1ccnc(N2CCCCCC2)c1)NC1CCN(CC(=O)NC)CC1. The number of pyridine rings is 1. The summed E-state index contributed by atoms with van der Waals surface area (Å²) in [6.07, 6.45) is 9.08. The summed E-state index contributed by atoms with van der Waals surface area (Å²) in [5, 5.41) is 9.67. The number of hydrogen-bond acceptors (Lipinski definition) is 5. The summed E-state index contributed by atoms with van der Waals surface area (Å²) >= 11 is 0. The van der Waals surface area contributed by atoms with Gasteiger partial charge in [0.05, 0.1) is 6.54 Å². The van der Waals surface area contributed by atoms with Crippen LogP contribution in [0.3, 0.4) is 0 Å². The fraction of sp³-hybridized carbons (Fsp3) is 0.682. The van der Waals surface area contributed by atoms with E-state index in [0.717, 1.165) is 57.3 Å². The highest BCUT2D eigenvalue weighted by atomic mass is 16.1. The van der Waals surface area contributed by atoms with Crippen LogP contribution in [0.5, 0.6) is 0 Å². The van der Waals surface area contributed by atoms with Gasteiger partial charge < -0.3 is 20.9 Å². The average molecular weight is 416 g/mol. The van der Waals surface area contributed by atoms with E-state index < -0.39 is 0 Å². The number of piperidine rings is 1. The van der Waals surface area contributed by atoms with Crippen LogP contribution in [0.1, 0.15) is 44.1 Å². The zero-order valence-electron chi connectivity index (χ0n) is 18.5. The lowest BCUT2D eigenvalue weighted by molar-refractivity contribution is -0.122. The molecule has 2 saturated heterocycles. The van der Waals surface area contributed by atoms with Crippen LogP contribution in [-0.2, 0) is 11.3 Å². The maximum absolute atomic E-state index is 11.5. The van der Waals surface area contributed by atoms with Crippen LogP contribution in [0.2, 0.25) is 0 Å². The lowest BCUT2D eigenvalue weighted by atomic mass is 10.1. The molecule has 0 unspecified atom stereocenters. The van der Waals surface area contributed by atoms with Gasteiger partial charge in [0, 0.05) is 59.1 Å². The summed E-state index contributed by atoms with van der Waals surface area (Å²) in [5.41, 5.74) is 1.22. The molecule has 2 fully saturated rings. The first-order valence-corrected chi connectivity index (χ1v) is 11.3. The fourth-order valence-electron chi connectivity index (χ4n) is 4.13. The Labute approximate surface area is 180 Å². The maximum atomic E-state index is 11.5. The molecule has 3 rings (SSSR count). The lowest BCUT2D eigenvalue weighted by Crippen LogP contribution is -2.49. The number of carbonyl (C=O) groups excluding carboxylic acids is 1. The highest BCUT2D eigenvalue weighted by Gasteiger charge is 2.21. The van der Waals surface area contributed by atoms with Crippen LogP contribution in [0, 0.1) is 0 Å². The third-order valence-electron chi connectivity index (χ3n) is 6.00. The van der Waals surface area contributed by atoms with Crippen LogP contribution in [0.15, 0.2) is 23.3 Å². The minimum absolute atomic E-state index is 0.0794. The zero-order valence-corrected chi connectivity index (χ0v) is 18.5. The van der Waals surface area contributed by atoms with Crippen molar-refractivity contribution >= 4 is 17.7 Å². The number of nitrogens with zero attached hydrogens (tertiary/aromatic N) is 4. The molecular weight excluding hydrogens is 378 g/mol. The van der Waals surface area contributed by atoms with E-state index in [-0.39, 0.29) is 5.91 Å². The number of likely N-dealkylation sites (tertiary alicyclic amines) is 1. The molecule has 8 nitrogen and oxygen atoms in total. The minimum Gasteiger partial charge on any atom is -0.358 e. The van der Waals surface area contributed by atoms with Crippen molar-refractivity contribution in [1.82, 2.24) is 25.8 Å². The number of nitrogens with one attached hydrogen (secondary N) is 3. The van der Waals surface area contributed by atoms with Gasteiger partial charge in [0.2, 0.25) is 5.91 Å². The molecular formula is C22H37N7O. The summed E-state index contributed by atoms with van der Waals surface area (Å²) in [6, 6.07) is 4.64. The predicted octanol–water partition coefficient (Wildman–Crippen LogP) is 1.34. The molecule has 0 aliphatic carbocycles. The molecule has 0 saturated carbocycles. The van der Waals surface area contributed by atoms with Crippen molar-refractivity contribution in [3.63, 3.8) is 0 Å². The number of anilines is 1. The number of aromatic nitrogens is 1. The Morgan fingerprint density at radius 3 is 2.57 bits per heavy atom. The summed E-state index contributed by atoms with van der Waals surface area (Å²) in [5.74, 6) is 1.99. The first-order chi connectivity index (χ1) is 14.7. The molecule has 1 aromatic heterocycles. The zero-order chi connectivity index (χ0) is 21.2. The van der Waals surface area contributed by atoms with Gasteiger partial charge in [0.1, 0.15) is 5.82 Å². The lowest BCUT2D eigenvalue weighted by Gasteiger charge is -2.32. The highest BCUT2D eigenvalue weighted by molar-refractivity contribution is 5.80. The van der Waals surface area contributed by atoms with Gasteiger partial charge in [-0.25, -0.2) is 4.98 Å². The number of carbonyl (C=O) groups is 1. The molecule has 3 N–H and O–H groups in total. The third kappa shape index (κ3) is 6.86. The smallest absolute Gasteiger partial charge is 0.233 e. The molecule has 0 radical (unpaired) electrons. The number of amides is 1. The van der Waals surface area contributed by atoms with Crippen LogP contribution in [0.4, 0.5) is 5.82 Å². The topological polar surface area (TPSA) is 84.9 Å². The van der Waals surface area contributed by atoms with Crippen molar-refractivity contribution in [2.45, 2.75) is 51.1 Å². The molecule has 8 heteroatoms. The monoisotopic (exact) mass is 415 g/mol.